The molecule has 16 heavy (non-hydrogen) atoms. The van der Waals surface area contributed by atoms with Gasteiger partial charge in [0.1, 0.15) is 5.78 Å². The number of rotatable bonds is 2. The summed E-state index contributed by atoms with van der Waals surface area (Å²) in [6, 6.07) is 3.47. The first-order chi connectivity index (χ1) is 7.37. The molecule has 0 unspecified atom stereocenters. The van der Waals surface area contributed by atoms with Gasteiger partial charge in [-0.1, -0.05) is 11.6 Å². The molecule has 0 saturated heterocycles. The average molecular weight is 241 g/mol. The van der Waals surface area contributed by atoms with Crippen molar-refractivity contribution in [3.8, 4) is 11.5 Å². The Balaban J connectivity index is 2.37. The largest absolute Gasteiger partial charge is 0.449 e. The Labute approximate surface area is 99.3 Å². The third-order valence-electron chi connectivity index (χ3n) is 2.26. The van der Waals surface area contributed by atoms with E-state index >= 15 is 0 Å². The Morgan fingerprint density at radius 2 is 1.88 bits per heavy atom. The highest BCUT2D eigenvalue weighted by atomic mass is 35.5. The topological polar surface area (TPSA) is 35.5 Å². The minimum absolute atomic E-state index is 0.0695. The first-order valence-electron chi connectivity index (χ1n) is 5.07. The Morgan fingerprint density at radius 3 is 2.44 bits per heavy atom. The molecule has 0 saturated carbocycles. The molecule has 1 aliphatic rings. The predicted octanol–water partition coefficient (Wildman–Crippen LogP) is 2.98. The van der Waals surface area contributed by atoms with E-state index in [9.17, 15) is 4.79 Å². The first-order valence-corrected chi connectivity index (χ1v) is 5.45. The van der Waals surface area contributed by atoms with E-state index in [-0.39, 0.29) is 5.78 Å². The number of benzene rings is 1. The fraction of sp³-hybridized carbons (Fsp3) is 0.417. The molecule has 0 fully saturated rings. The van der Waals surface area contributed by atoms with Crippen LogP contribution in [0.4, 0.5) is 0 Å². The van der Waals surface area contributed by atoms with Gasteiger partial charge in [0.15, 0.2) is 11.5 Å². The van der Waals surface area contributed by atoms with Gasteiger partial charge in [-0.3, -0.25) is 4.79 Å². The summed E-state index contributed by atoms with van der Waals surface area (Å²) < 4.78 is 11.1. The summed E-state index contributed by atoms with van der Waals surface area (Å²) in [4.78, 5) is 11.1. The molecule has 0 aromatic heterocycles. The van der Waals surface area contributed by atoms with Crippen molar-refractivity contribution in [2.45, 2.75) is 33.0 Å². The number of fused-ring (bicyclic) bond motifs is 1. The quantitative estimate of drug-likeness (QED) is 0.797. The van der Waals surface area contributed by atoms with Crippen molar-refractivity contribution in [2.75, 3.05) is 0 Å². The molecule has 3 nitrogen and oxygen atoms in total. The van der Waals surface area contributed by atoms with E-state index in [0.29, 0.717) is 22.9 Å². The molecular formula is C12H13ClO3. The van der Waals surface area contributed by atoms with Gasteiger partial charge in [-0.05, 0) is 18.6 Å². The summed E-state index contributed by atoms with van der Waals surface area (Å²) in [7, 11) is 0. The predicted molar refractivity (Wildman–Crippen MR) is 61.2 cm³/mol. The molecule has 0 atom stereocenters. The summed E-state index contributed by atoms with van der Waals surface area (Å²) in [5.74, 6) is 0.675. The fourth-order valence-electron chi connectivity index (χ4n) is 1.69. The van der Waals surface area contributed by atoms with Crippen molar-refractivity contribution in [3.05, 3.63) is 22.7 Å². The van der Waals surface area contributed by atoms with Crippen LogP contribution in [0.15, 0.2) is 12.1 Å². The highest BCUT2D eigenvalue weighted by molar-refractivity contribution is 6.31. The van der Waals surface area contributed by atoms with Gasteiger partial charge in [0.2, 0.25) is 5.79 Å². The molecule has 1 aromatic carbocycles. The fourth-order valence-corrected chi connectivity index (χ4v) is 1.91. The van der Waals surface area contributed by atoms with Crippen LogP contribution in [0, 0.1) is 0 Å². The minimum atomic E-state index is -0.666. The van der Waals surface area contributed by atoms with E-state index in [4.69, 9.17) is 21.1 Å². The van der Waals surface area contributed by atoms with E-state index in [0.717, 1.165) is 5.56 Å². The monoisotopic (exact) mass is 240 g/mol. The van der Waals surface area contributed by atoms with Crippen LogP contribution in [-0.4, -0.2) is 11.6 Å². The second kappa shape index (κ2) is 3.67. The number of hydrogen-bond donors (Lipinski definition) is 0. The summed E-state index contributed by atoms with van der Waals surface area (Å²) in [5, 5.41) is 0.537. The number of Topliss-reactive ketones (excluding diaryl/α,β-unsaturated/α-hetero) is 1. The number of hydrogen-bond acceptors (Lipinski definition) is 3. The zero-order valence-electron chi connectivity index (χ0n) is 9.46. The van der Waals surface area contributed by atoms with E-state index in [1.165, 1.54) is 6.92 Å². The third-order valence-corrected chi connectivity index (χ3v) is 2.62. The number of ketones is 1. The SMILES string of the molecule is CC(=O)Cc1cc2c(cc1Cl)OC(C)(C)O2. The molecule has 0 bridgehead atoms. The molecule has 86 valence electrons. The molecular weight excluding hydrogens is 228 g/mol. The lowest BCUT2D eigenvalue weighted by atomic mass is 10.1. The molecule has 0 N–H and O–H groups in total. The van der Waals surface area contributed by atoms with Crippen LogP contribution in [0.25, 0.3) is 0 Å². The van der Waals surface area contributed by atoms with Gasteiger partial charge in [0, 0.05) is 31.4 Å². The van der Waals surface area contributed by atoms with Gasteiger partial charge in [0.05, 0.1) is 0 Å². The minimum Gasteiger partial charge on any atom is -0.449 e. The van der Waals surface area contributed by atoms with Gasteiger partial charge in [-0.15, -0.1) is 0 Å². The maximum Gasteiger partial charge on any atom is 0.246 e. The second-order valence-corrected chi connectivity index (χ2v) is 4.78. The van der Waals surface area contributed by atoms with Crippen LogP contribution in [-0.2, 0) is 11.2 Å². The van der Waals surface area contributed by atoms with Crippen LogP contribution in [0.3, 0.4) is 0 Å². The van der Waals surface area contributed by atoms with Gasteiger partial charge in [0.25, 0.3) is 0 Å². The lowest BCUT2D eigenvalue weighted by molar-refractivity contribution is -0.116. The van der Waals surface area contributed by atoms with Crippen LogP contribution >= 0.6 is 11.6 Å². The Hall–Kier alpha value is -1.22. The number of carbonyl (C=O) groups excluding carboxylic acids is 1. The van der Waals surface area contributed by atoms with Crippen molar-refractivity contribution in [1.82, 2.24) is 0 Å². The average Bonchev–Trinajstić information content (AvgIpc) is 2.38. The van der Waals surface area contributed by atoms with Crippen LogP contribution in [0.1, 0.15) is 26.3 Å². The molecule has 2 rings (SSSR count). The second-order valence-electron chi connectivity index (χ2n) is 4.37. The zero-order chi connectivity index (χ0) is 11.9. The normalized spacial score (nSPS) is 16.2. The number of halogens is 1. The number of ether oxygens (including phenoxy) is 2. The smallest absolute Gasteiger partial charge is 0.246 e. The summed E-state index contributed by atoms with van der Waals surface area (Å²) in [5.41, 5.74) is 0.772. The van der Waals surface area contributed by atoms with E-state index in [1.54, 1.807) is 12.1 Å². The lowest BCUT2D eigenvalue weighted by Gasteiger charge is -2.16. The van der Waals surface area contributed by atoms with Crippen molar-refractivity contribution in [1.29, 1.82) is 0 Å². The van der Waals surface area contributed by atoms with Crippen LogP contribution < -0.4 is 9.47 Å². The lowest BCUT2D eigenvalue weighted by Crippen LogP contribution is -2.29. The van der Waals surface area contributed by atoms with Crippen LogP contribution in [0.5, 0.6) is 11.5 Å². The highest BCUT2D eigenvalue weighted by Gasteiger charge is 2.32. The molecule has 4 heteroatoms. The van der Waals surface area contributed by atoms with E-state index in [2.05, 4.69) is 0 Å². The van der Waals surface area contributed by atoms with Crippen molar-refractivity contribution in [2.24, 2.45) is 0 Å². The van der Waals surface area contributed by atoms with Gasteiger partial charge in [-0.2, -0.15) is 0 Å². The standard InChI is InChI=1S/C12H13ClO3/c1-7(14)4-8-5-10-11(6-9(8)13)16-12(2,3)15-10/h5-6H,4H2,1-3H3. The van der Waals surface area contributed by atoms with Crippen LogP contribution in [0.2, 0.25) is 5.02 Å². The van der Waals surface area contributed by atoms with Crippen molar-refractivity contribution >= 4 is 17.4 Å². The van der Waals surface area contributed by atoms with E-state index < -0.39 is 5.79 Å². The molecule has 0 spiro atoms. The first kappa shape index (κ1) is 11.3. The van der Waals surface area contributed by atoms with Gasteiger partial charge in [-0.25, -0.2) is 0 Å². The summed E-state index contributed by atoms with van der Waals surface area (Å²) in [6.45, 7) is 5.18. The Bertz CT molecular complexity index is 452. The maximum absolute atomic E-state index is 11.1. The molecule has 1 aromatic rings. The summed E-state index contributed by atoms with van der Waals surface area (Å²) in [6.07, 6.45) is 0.315. The van der Waals surface area contributed by atoms with Crippen molar-refractivity contribution < 1.29 is 14.3 Å². The molecule has 0 aliphatic carbocycles. The van der Waals surface area contributed by atoms with E-state index in [1.807, 2.05) is 13.8 Å². The van der Waals surface area contributed by atoms with Gasteiger partial charge >= 0.3 is 0 Å². The Kier molecular flexibility index (Phi) is 2.58. The number of carbonyl (C=O) groups is 1. The highest BCUT2D eigenvalue weighted by Crippen LogP contribution is 2.42. The Morgan fingerprint density at radius 1 is 1.31 bits per heavy atom. The van der Waals surface area contributed by atoms with Crippen molar-refractivity contribution in [3.63, 3.8) is 0 Å². The van der Waals surface area contributed by atoms with Gasteiger partial charge < -0.3 is 9.47 Å². The summed E-state index contributed by atoms with van der Waals surface area (Å²) >= 11 is 6.06. The molecule has 1 aliphatic heterocycles. The molecule has 0 amide bonds. The molecule has 1 heterocycles. The third kappa shape index (κ3) is 2.14. The molecule has 0 radical (unpaired) electrons. The maximum atomic E-state index is 11.1. The zero-order valence-corrected chi connectivity index (χ0v) is 10.2.